The fraction of sp³-hybridized carbons (Fsp3) is 0.357. The number of esters is 1. The summed E-state index contributed by atoms with van der Waals surface area (Å²) in [5.41, 5.74) is 1.28. The average molecular weight is 218 g/mol. The van der Waals surface area contributed by atoms with Gasteiger partial charge in [-0.05, 0) is 30.0 Å². The third-order valence-corrected chi connectivity index (χ3v) is 2.35. The number of rotatable bonds is 2. The average Bonchev–Trinajstić information content (AvgIpc) is 2.15. The van der Waals surface area contributed by atoms with Crippen LogP contribution < -0.4 is 4.74 Å². The van der Waals surface area contributed by atoms with Crippen molar-refractivity contribution in [3.8, 4) is 5.75 Å². The number of carbonyl (C=O) groups excluding carboxylic acids is 1. The molecule has 0 N–H and O–H groups in total. The number of aryl methyl sites for hydroxylation is 1. The molecule has 86 valence electrons. The summed E-state index contributed by atoms with van der Waals surface area (Å²) in [5, 5.41) is 0. The summed E-state index contributed by atoms with van der Waals surface area (Å²) in [6, 6.07) is 7.41. The lowest BCUT2D eigenvalue weighted by atomic mass is 9.88. The molecule has 0 unspecified atom stereocenters. The second-order valence-electron chi connectivity index (χ2n) is 4.93. The first-order chi connectivity index (χ1) is 7.30. The lowest BCUT2D eigenvalue weighted by Gasteiger charge is -2.19. The zero-order valence-corrected chi connectivity index (χ0v) is 10.3. The maximum Gasteiger partial charge on any atom is 0.339 e. The maximum atomic E-state index is 11.7. The van der Waals surface area contributed by atoms with Crippen molar-refractivity contribution in [3.63, 3.8) is 0 Å². The van der Waals surface area contributed by atoms with Gasteiger partial charge in [-0.15, -0.1) is 0 Å². The Labute approximate surface area is 96.9 Å². The van der Waals surface area contributed by atoms with Gasteiger partial charge < -0.3 is 4.74 Å². The summed E-state index contributed by atoms with van der Waals surface area (Å²) in [5.74, 6) is 0.202. The maximum absolute atomic E-state index is 11.7. The number of hydrogen-bond acceptors (Lipinski definition) is 2. The first-order valence-corrected chi connectivity index (χ1v) is 5.29. The van der Waals surface area contributed by atoms with Gasteiger partial charge in [0.1, 0.15) is 5.75 Å². The summed E-state index contributed by atoms with van der Waals surface area (Å²) in [6.45, 7) is 11.5. The van der Waals surface area contributed by atoms with E-state index in [2.05, 4.69) is 6.58 Å². The van der Waals surface area contributed by atoms with E-state index in [4.69, 9.17) is 4.74 Å². The van der Waals surface area contributed by atoms with Gasteiger partial charge in [0.05, 0.1) is 0 Å². The van der Waals surface area contributed by atoms with Crippen molar-refractivity contribution >= 4 is 5.97 Å². The molecule has 0 aliphatic heterocycles. The van der Waals surface area contributed by atoms with Gasteiger partial charge in [-0.25, -0.2) is 4.79 Å². The highest BCUT2D eigenvalue weighted by atomic mass is 16.5. The Morgan fingerprint density at radius 1 is 1.31 bits per heavy atom. The number of benzene rings is 1. The topological polar surface area (TPSA) is 26.3 Å². The van der Waals surface area contributed by atoms with Gasteiger partial charge in [0.25, 0.3) is 0 Å². The molecule has 0 saturated heterocycles. The van der Waals surface area contributed by atoms with E-state index in [0.717, 1.165) is 5.56 Å². The van der Waals surface area contributed by atoms with Crippen LogP contribution in [0, 0.1) is 12.3 Å². The molecule has 2 heteroatoms. The molecule has 1 aromatic rings. The Bertz CT molecular complexity index is 411. The molecule has 0 heterocycles. The molecule has 0 saturated carbocycles. The molecule has 0 fully saturated rings. The Kier molecular flexibility index (Phi) is 3.53. The summed E-state index contributed by atoms with van der Waals surface area (Å²) in [4.78, 5) is 11.7. The van der Waals surface area contributed by atoms with E-state index in [-0.39, 0.29) is 11.4 Å². The smallest absolute Gasteiger partial charge is 0.339 e. The van der Waals surface area contributed by atoms with Gasteiger partial charge in [-0.2, -0.15) is 0 Å². The van der Waals surface area contributed by atoms with Crippen molar-refractivity contribution in [3.05, 3.63) is 42.0 Å². The Morgan fingerprint density at radius 2 is 1.94 bits per heavy atom. The molecule has 0 radical (unpaired) electrons. The fourth-order valence-corrected chi connectivity index (χ4v) is 1.15. The largest absolute Gasteiger partial charge is 0.423 e. The third-order valence-electron chi connectivity index (χ3n) is 2.35. The first kappa shape index (κ1) is 12.5. The van der Waals surface area contributed by atoms with Crippen LogP contribution >= 0.6 is 0 Å². The minimum Gasteiger partial charge on any atom is -0.423 e. The standard InChI is InChI=1S/C14H18O2/c1-10-7-6-8-12(9-10)16-13(15)11(2)14(3,4)5/h6-9H,2H2,1,3-5H3. The zero-order chi connectivity index (χ0) is 12.3. The molecule has 16 heavy (non-hydrogen) atoms. The van der Waals surface area contributed by atoms with Crippen molar-refractivity contribution < 1.29 is 9.53 Å². The highest BCUT2D eigenvalue weighted by molar-refractivity contribution is 5.90. The lowest BCUT2D eigenvalue weighted by Crippen LogP contribution is -2.21. The van der Waals surface area contributed by atoms with E-state index in [0.29, 0.717) is 11.3 Å². The molecule has 0 amide bonds. The molecule has 0 atom stereocenters. The van der Waals surface area contributed by atoms with Crippen molar-refractivity contribution in [2.75, 3.05) is 0 Å². The predicted molar refractivity (Wildman–Crippen MR) is 65.4 cm³/mol. The lowest BCUT2D eigenvalue weighted by molar-refractivity contribution is -0.131. The Hall–Kier alpha value is -1.57. The summed E-state index contributed by atoms with van der Waals surface area (Å²) < 4.78 is 5.25. The summed E-state index contributed by atoms with van der Waals surface area (Å²) in [6.07, 6.45) is 0. The fourth-order valence-electron chi connectivity index (χ4n) is 1.15. The molecule has 0 aliphatic carbocycles. The molecular weight excluding hydrogens is 200 g/mol. The quantitative estimate of drug-likeness (QED) is 0.431. The molecule has 0 aliphatic rings. The second kappa shape index (κ2) is 4.52. The minimum absolute atomic E-state index is 0.263. The van der Waals surface area contributed by atoms with E-state index >= 15 is 0 Å². The predicted octanol–water partition coefficient (Wildman–Crippen LogP) is 3.50. The summed E-state index contributed by atoms with van der Waals surface area (Å²) in [7, 11) is 0. The highest BCUT2D eigenvalue weighted by Crippen LogP contribution is 2.25. The van der Waals surface area contributed by atoms with Crippen LogP contribution in [0.15, 0.2) is 36.4 Å². The van der Waals surface area contributed by atoms with Crippen LogP contribution in [-0.4, -0.2) is 5.97 Å². The van der Waals surface area contributed by atoms with Gasteiger partial charge in [0, 0.05) is 5.57 Å². The molecular formula is C14H18O2. The van der Waals surface area contributed by atoms with Crippen molar-refractivity contribution in [1.29, 1.82) is 0 Å². The first-order valence-electron chi connectivity index (χ1n) is 5.29. The van der Waals surface area contributed by atoms with Crippen LogP contribution in [-0.2, 0) is 4.79 Å². The van der Waals surface area contributed by atoms with E-state index in [1.807, 2.05) is 45.9 Å². The van der Waals surface area contributed by atoms with E-state index in [1.165, 1.54) is 0 Å². The number of hydrogen-bond donors (Lipinski definition) is 0. The van der Waals surface area contributed by atoms with E-state index in [9.17, 15) is 4.79 Å². The molecule has 0 spiro atoms. The van der Waals surface area contributed by atoms with Gasteiger partial charge in [0.2, 0.25) is 0 Å². The third kappa shape index (κ3) is 3.23. The van der Waals surface area contributed by atoms with Crippen LogP contribution in [0.4, 0.5) is 0 Å². The van der Waals surface area contributed by atoms with Gasteiger partial charge >= 0.3 is 5.97 Å². The SMILES string of the molecule is C=C(C(=O)Oc1cccc(C)c1)C(C)(C)C. The van der Waals surface area contributed by atoms with Crippen LogP contribution in [0.25, 0.3) is 0 Å². The molecule has 2 nitrogen and oxygen atoms in total. The van der Waals surface area contributed by atoms with Crippen LogP contribution in [0.1, 0.15) is 26.3 Å². The molecule has 1 aromatic carbocycles. The van der Waals surface area contributed by atoms with Gasteiger partial charge in [-0.3, -0.25) is 0 Å². The zero-order valence-electron chi connectivity index (χ0n) is 10.3. The van der Waals surface area contributed by atoms with Crippen LogP contribution in [0.5, 0.6) is 5.75 Å². The highest BCUT2D eigenvalue weighted by Gasteiger charge is 2.23. The molecule has 0 bridgehead atoms. The number of carbonyl (C=O) groups is 1. The minimum atomic E-state index is -0.363. The number of ether oxygens (including phenoxy) is 1. The molecule has 1 rings (SSSR count). The van der Waals surface area contributed by atoms with Crippen molar-refractivity contribution in [1.82, 2.24) is 0 Å². The molecule has 0 aromatic heterocycles. The van der Waals surface area contributed by atoms with Crippen molar-refractivity contribution in [2.24, 2.45) is 5.41 Å². The van der Waals surface area contributed by atoms with Crippen molar-refractivity contribution in [2.45, 2.75) is 27.7 Å². The Balaban J connectivity index is 2.76. The van der Waals surface area contributed by atoms with Gasteiger partial charge in [0.15, 0.2) is 0 Å². The van der Waals surface area contributed by atoms with E-state index < -0.39 is 0 Å². The summed E-state index contributed by atoms with van der Waals surface area (Å²) >= 11 is 0. The van der Waals surface area contributed by atoms with Crippen LogP contribution in [0.3, 0.4) is 0 Å². The second-order valence-corrected chi connectivity index (χ2v) is 4.93. The van der Waals surface area contributed by atoms with E-state index in [1.54, 1.807) is 6.07 Å². The Morgan fingerprint density at radius 3 is 2.44 bits per heavy atom. The van der Waals surface area contributed by atoms with Crippen LogP contribution in [0.2, 0.25) is 0 Å². The normalized spacial score (nSPS) is 11.0. The van der Waals surface area contributed by atoms with Gasteiger partial charge in [-0.1, -0.05) is 39.5 Å². The monoisotopic (exact) mass is 218 g/mol.